The van der Waals surface area contributed by atoms with Gasteiger partial charge in [0.2, 0.25) is 10.0 Å². The first-order valence-corrected chi connectivity index (χ1v) is 9.39. The van der Waals surface area contributed by atoms with Crippen LogP contribution in [0.5, 0.6) is 0 Å². The van der Waals surface area contributed by atoms with Gasteiger partial charge in [-0.25, -0.2) is 13.1 Å². The van der Waals surface area contributed by atoms with Gasteiger partial charge in [0, 0.05) is 6.54 Å². The molecule has 1 aliphatic rings. The molecule has 0 aromatic heterocycles. The van der Waals surface area contributed by atoms with Crippen LogP contribution in [0.15, 0.2) is 29.2 Å². The van der Waals surface area contributed by atoms with Gasteiger partial charge in [-0.1, -0.05) is 44.2 Å². The van der Waals surface area contributed by atoms with Gasteiger partial charge in [-0.05, 0) is 43.0 Å². The Morgan fingerprint density at radius 3 is 2.38 bits per heavy atom. The summed E-state index contributed by atoms with van der Waals surface area (Å²) in [5.74, 6) is 0.688. The Hall–Kier alpha value is -0.910. The van der Waals surface area contributed by atoms with Gasteiger partial charge in [-0.2, -0.15) is 0 Å². The summed E-state index contributed by atoms with van der Waals surface area (Å²) >= 11 is 0. The maximum Gasteiger partial charge on any atom is 0.240 e. The van der Waals surface area contributed by atoms with E-state index < -0.39 is 10.0 Å². The van der Waals surface area contributed by atoms with E-state index >= 15 is 0 Å². The van der Waals surface area contributed by atoms with Gasteiger partial charge in [0.15, 0.2) is 0 Å². The Labute approximate surface area is 128 Å². The topological polar surface area (TPSA) is 72.2 Å². The molecule has 0 unspecified atom stereocenters. The van der Waals surface area contributed by atoms with Gasteiger partial charge >= 0.3 is 0 Å². The smallest absolute Gasteiger partial charge is 0.240 e. The van der Waals surface area contributed by atoms with E-state index in [0.717, 1.165) is 18.4 Å². The Bertz CT molecular complexity index is 520. The van der Waals surface area contributed by atoms with E-state index in [0.29, 0.717) is 23.9 Å². The number of hydrogen-bond acceptors (Lipinski definition) is 3. The summed E-state index contributed by atoms with van der Waals surface area (Å²) in [6, 6.07) is 6.99. The van der Waals surface area contributed by atoms with Gasteiger partial charge in [0.05, 0.1) is 4.90 Å². The summed E-state index contributed by atoms with van der Waals surface area (Å²) in [6.45, 7) is 1.11. The highest BCUT2D eigenvalue weighted by molar-refractivity contribution is 7.89. The fourth-order valence-corrected chi connectivity index (χ4v) is 4.01. The van der Waals surface area contributed by atoms with E-state index in [1.807, 2.05) is 12.1 Å². The maximum absolute atomic E-state index is 12.2. The van der Waals surface area contributed by atoms with Crippen molar-refractivity contribution in [3.63, 3.8) is 0 Å². The van der Waals surface area contributed by atoms with E-state index in [-0.39, 0.29) is 0 Å². The lowest BCUT2D eigenvalue weighted by atomic mass is 9.87. The fraction of sp³-hybridized carbons (Fsp3) is 0.625. The summed E-state index contributed by atoms with van der Waals surface area (Å²) in [5, 5.41) is 0. The zero-order valence-electron chi connectivity index (χ0n) is 12.6. The number of hydrogen-bond donors (Lipinski definition) is 2. The first-order chi connectivity index (χ1) is 10.1. The third kappa shape index (κ3) is 5.09. The predicted octanol–water partition coefficient (Wildman–Crippen LogP) is 2.44. The SMILES string of the molecule is NCCc1ccc(S(=O)(=O)NCCC2CCCCC2)cc1. The van der Waals surface area contributed by atoms with Crippen LogP contribution >= 0.6 is 0 Å². The van der Waals surface area contributed by atoms with Crippen LogP contribution in [0.1, 0.15) is 44.1 Å². The molecular weight excluding hydrogens is 284 g/mol. The molecule has 0 spiro atoms. The number of benzene rings is 1. The van der Waals surface area contributed by atoms with Gasteiger partial charge in [0.25, 0.3) is 0 Å². The van der Waals surface area contributed by atoms with Crippen molar-refractivity contribution >= 4 is 10.0 Å². The second-order valence-electron chi connectivity index (χ2n) is 5.87. The minimum Gasteiger partial charge on any atom is -0.330 e. The first kappa shape index (κ1) is 16.5. The summed E-state index contributed by atoms with van der Waals surface area (Å²) in [4.78, 5) is 0.340. The average Bonchev–Trinajstić information content (AvgIpc) is 2.49. The van der Waals surface area contributed by atoms with Crippen LogP contribution in [0.2, 0.25) is 0 Å². The monoisotopic (exact) mass is 310 g/mol. The summed E-state index contributed by atoms with van der Waals surface area (Å²) in [6.07, 6.45) is 8.13. The molecule has 5 heteroatoms. The van der Waals surface area contributed by atoms with Crippen molar-refractivity contribution in [2.24, 2.45) is 11.7 Å². The zero-order valence-corrected chi connectivity index (χ0v) is 13.4. The predicted molar refractivity (Wildman–Crippen MR) is 85.6 cm³/mol. The van der Waals surface area contributed by atoms with Gasteiger partial charge in [-0.15, -0.1) is 0 Å². The molecule has 0 atom stereocenters. The molecule has 0 saturated heterocycles. The van der Waals surface area contributed by atoms with E-state index in [2.05, 4.69) is 4.72 Å². The van der Waals surface area contributed by atoms with Crippen molar-refractivity contribution in [2.45, 2.75) is 49.8 Å². The largest absolute Gasteiger partial charge is 0.330 e. The molecule has 0 heterocycles. The van der Waals surface area contributed by atoms with Crippen LogP contribution < -0.4 is 10.5 Å². The summed E-state index contributed by atoms with van der Waals surface area (Å²) in [7, 11) is -3.37. The zero-order chi connectivity index (χ0) is 15.1. The first-order valence-electron chi connectivity index (χ1n) is 7.90. The van der Waals surface area contributed by atoms with Crippen molar-refractivity contribution in [1.82, 2.24) is 4.72 Å². The molecule has 118 valence electrons. The molecule has 1 aliphatic carbocycles. The molecule has 1 fully saturated rings. The fourth-order valence-electron chi connectivity index (χ4n) is 2.96. The molecular formula is C16H26N2O2S. The standard InChI is InChI=1S/C16H26N2O2S/c17-12-10-15-6-8-16(9-7-15)21(19,20)18-13-11-14-4-2-1-3-5-14/h6-9,14,18H,1-5,10-13,17H2. The molecule has 0 radical (unpaired) electrons. The van der Waals surface area contributed by atoms with Crippen LogP contribution in [0, 0.1) is 5.92 Å². The lowest BCUT2D eigenvalue weighted by molar-refractivity contribution is 0.339. The van der Waals surface area contributed by atoms with Gasteiger partial charge in [0.1, 0.15) is 0 Å². The van der Waals surface area contributed by atoms with Crippen molar-refractivity contribution < 1.29 is 8.42 Å². The lowest BCUT2D eigenvalue weighted by Crippen LogP contribution is -2.26. The third-order valence-corrected chi connectivity index (χ3v) is 5.71. The molecule has 3 N–H and O–H groups in total. The minimum absolute atomic E-state index is 0.340. The molecule has 1 aromatic rings. The molecule has 0 aliphatic heterocycles. The molecule has 1 saturated carbocycles. The molecule has 4 nitrogen and oxygen atoms in total. The number of nitrogens with two attached hydrogens (primary N) is 1. The van der Waals surface area contributed by atoms with Gasteiger partial charge in [-0.3, -0.25) is 0 Å². The molecule has 1 aromatic carbocycles. The molecule has 0 amide bonds. The normalized spacial score (nSPS) is 17.0. The van der Waals surface area contributed by atoms with Crippen LogP contribution in [-0.4, -0.2) is 21.5 Å². The summed E-state index contributed by atoms with van der Waals surface area (Å²) in [5.41, 5.74) is 6.56. The minimum atomic E-state index is -3.37. The summed E-state index contributed by atoms with van der Waals surface area (Å²) < 4.78 is 27.1. The third-order valence-electron chi connectivity index (χ3n) is 4.24. The van der Waals surface area contributed by atoms with Crippen molar-refractivity contribution in [1.29, 1.82) is 0 Å². The maximum atomic E-state index is 12.2. The van der Waals surface area contributed by atoms with Crippen molar-refractivity contribution in [3.05, 3.63) is 29.8 Å². The highest BCUT2D eigenvalue weighted by Crippen LogP contribution is 2.25. The number of sulfonamides is 1. The van der Waals surface area contributed by atoms with Crippen LogP contribution in [0.4, 0.5) is 0 Å². The Morgan fingerprint density at radius 1 is 1.10 bits per heavy atom. The number of nitrogens with one attached hydrogen (secondary N) is 1. The van der Waals surface area contributed by atoms with E-state index in [1.54, 1.807) is 12.1 Å². The highest BCUT2D eigenvalue weighted by atomic mass is 32.2. The van der Waals surface area contributed by atoms with E-state index in [1.165, 1.54) is 32.1 Å². The highest BCUT2D eigenvalue weighted by Gasteiger charge is 2.16. The Morgan fingerprint density at radius 2 is 1.76 bits per heavy atom. The second kappa shape index (κ2) is 7.92. The molecule has 2 rings (SSSR count). The van der Waals surface area contributed by atoms with Gasteiger partial charge < -0.3 is 5.73 Å². The lowest BCUT2D eigenvalue weighted by Gasteiger charge is -2.21. The van der Waals surface area contributed by atoms with Crippen LogP contribution in [-0.2, 0) is 16.4 Å². The van der Waals surface area contributed by atoms with Crippen molar-refractivity contribution in [2.75, 3.05) is 13.1 Å². The Kier molecular flexibility index (Phi) is 6.21. The molecule has 21 heavy (non-hydrogen) atoms. The second-order valence-corrected chi connectivity index (χ2v) is 7.64. The van der Waals surface area contributed by atoms with E-state index in [4.69, 9.17) is 5.73 Å². The average molecular weight is 310 g/mol. The van der Waals surface area contributed by atoms with Crippen LogP contribution in [0.25, 0.3) is 0 Å². The van der Waals surface area contributed by atoms with Crippen molar-refractivity contribution in [3.8, 4) is 0 Å². The van der Waals surface area contributed by atoms with Crippen LogP contribution in [0.3, 0.4) is 0 Å². The van der Waals surface area contributed by atoms with E-state index in [9.17, 15) is 8.42 Å². The quantitative estimate of drug-likeness (QED) is 0.812. The molecule has 0 bridgehead atoms. The number of rotatable bonds is 7. The Balaban J connectivity index is 1.85.